The second kappa shape index (κ2) is 7.98. The molecule has 37 heavy (non-hydrogen) atoms. The van der Waals surface area contributed by atoms with Crippen molar-refractivity contribution in [2.75, 3.05) is 19.6 Å². The Morgan fingerprint density at radius 2 is 1.97 bits per heavy atom. The van der Waals surface area contributed by atoms with Gasteiger partial charge in [0.05, 0.1) is 17.2 Å². The van der Waals surface area contributed by atoms with Crippen LogP contribution in [-0.4, -0.2) is 61.6 Å². The van der Waals surface area contributed by atoms with Crippen LogP contribution >= 0.6 is 11.6 Å². The Labute approximate surface area is 219 Å². The summed E-state index contributed by atoms with van der Waals surface area (Å²) in [6.07, 6.45) is 2.68. The zero-order valence-corrected chi connectivity index (χ0v) is 22.1. The summed E-state index contributed by atoms with van der Waals surface area (Å²) in [5.74, 6) is -0.636. The molecule has 1 aromatic carbocycles. The highest BCUT2D eigenvalue weighted by molar-refractivity contribution is 6.31. The molecule has 194 valence electrons. The molecule has 10 heteroatoms. The zero-order valence-electron chi connectivity index (χ0n) is 21.3. The molecule has 2 amide bonds. The SMILES string of the molecule is CC(C)c1cc(-c2ccc(F)c(Cl)c2)nn2cc3[n+](c12)C1(C)CN(C(=O)C2CC(C)(O)C2)CCN1C3=O. The number of nitrogens with zero attached hydrogens (tertiary/aromatic N) is 5. The number of carbonyl (C=O) groups is 2. The topological polar surface area (TPSA) is 82.0 Å². The maximum absolute atomic E-state index is 13.8. The molecule has 2 aliphatic heterocycles. The number of aromatic nitrogens is 3. The van der Waals surface area contributed by atoms with Crippen molar-refractivity contribution in [1.82, 2.24) is 19.4 Å². The molecule has 1 aliphatic carbocycles. The van der Waals surface area contributed by atoms with Gasteiger partial charge in [-0.25, -0.2) is 4.39 Å². The Morgan fingerprint density at radius 3 is 2.62 bits per heavy atom. The van der Waals surface area contributed by atoms with Gasteiger partial charge in [0, 0.05) is 37.1 Å². The van der Waals surface area contributed by atoms with E-state index in [1.165, 1.54) is 6.07 Å². The van der Waals surface area contributed by atoms with Crippen LogP contribution in [0.15, 0.2) is 30.5 Å². The van der Waals surface area contributed by atoms with E-state index in [4.69, 9.17) is 16.7 Å². The third-order valence-electron chi connectivity index (χ3n) is 8.16. The van der Waals surface area contributed by atoms with Crippen molar-refractivity contribution in [3.8, 4) is 11.3 Å². The highest BCUT2D eigenvalue weighted by Crippen LogP contribution is 2.40. The lowest BCUT2D eigenvalue weighted by molar-refractivity contribution is -0.749. The summed E-state index contributed by atoms with van der Waals surface area (Å²) in [7, 11) is 0. The maximum atomic E-state index is 13.8. The van der Waals surface area contributed by atoms with E-state index < -0.39 is 17.1 Å². The van der Waals surface area contributed by atoms with E-state index in [0.29, 0.717) is 49.4 Å². The first-order valence-electron chi connectivity index (χ1n) is 12.7. The molecule has 3 aliphatic rings. The number of hydrogen-bond donors (Lipinski definition) is 1. The van der Waals surface area contributed by atoms with E-state index in [-0.39, 0.29) is 28.7 Å². The van der Waals surface area contributed by atoms with Crippen molar-refractivity contribution in [1.29, 1.82) is 0 Å². The second-order valence-corrected chi connectivity index (χ2v) is 11.8. The van der Waals surface area contributed by atoms with Gasteiger partial charge in [0.2, 0.25) is 17.3 Å². The molecule has 6 rings (SSSR count). The number of halogens is 2. The normalized spacial score (nSPS) is 27.0. The van der Waals surface area contributed by atoms with Crippen molar-refractivity contribution >= 4 is 29.1 Å². The van der Waals surface area contributed by atoms with E-state index in [1.54, 1.807) is 29.8 Å². The molecular weight excluding hydrogens is 497 g/mol. The molecule has 1 saturated heterocycles. The molecule has 3 aromatic rings. The van der Waals surface area contributed by atoms with Crippen LogP contribution in [0, 0.1) is 11.7 Å². The van der Waals surface area contributed by atoms with Crippen LogP contribution in [0.5, 0.6) is 0 Å². The molecule has 1 unspecified atom stereocenters. The van der Waals surface area contributed by atoms with E-state index in [1.807, 2.05) is 27.4 Å². The van der Waals surface area contributed by atoms with Gasteiger partial charge in [-0.15, -0.1) is 0 Å². The molecule has 1 saturated carbocycles. The van der Waals surface area contributed by atoms with Crippen molar-refractivity contribution < 1.29 is 23.7 Å². The first-order chi connectivity index (χ1) is 17.4. The number of piperazine rings is 1. The zero-order chi connectivity index (χ0) is 26.4. The van der Waals surface area contributed by atoms with Crippen LogP contribution in [0.25, 0.3) is 16.9 Å². The number of aliphatic hydroxyl groups is 1. The van der Waals surface area contributed by atoms with Crippen molar-refractivity contribution in [2.24, 2.45) is 5.92 Å². The van der Waals surface area contributed by atoms with Gasteiger partial charge in [-0.2, -0.15) is 4.57 Å². The van der Waals surface area contributed by atoms with Crippen molar-refractivity contribution in [3.63, 3.8) is 0 Å². The number of amides is 2. The molecular formula is C27H30ClFN5O3+. The lowest BCUT2D eigenvalue weighted by atomic mass is 9.71. The molecule has 2 aromatic heterocycles. The van der Waals surface area contributed by atoms with Crippen LogP contribution in [-0.2, 0) is 10.5 Å². The number of rotatable bonds is 3. The van der Waals surface area contributed by atoms with Gasteiger partial charge in [0.15, 0.2) is 6.20 Å². The van der Waals surface area contributed by atoms with Gasteiger partial charge >= 0.3 is 11.6 Å². The average molecular weight is 527 g/mol. The third kappa shape index (κ3) is 3.58. The molecule has 2 fully saturated rings. The van der Waals surface area contributed by atoms with Crippen LogP contribution in [0.2, 0.25) is 5.02 Å². The number of fused-ring (bicyclic) bond motifs is 5. The first-order valence-corrected chi connectivity index (χ1v) is 13.0. The molecule has 0 radical (unpaired) electrons. The molecule has 1 atom stereocenters. The van der Waals surface area contributed by atoms with E-state index >= 15 is 0 Å². The largest absolute Gasteiger partial charge is 0.390 e. The Bertz CT molecular complexity index is 1480. The highest BCUT2D eigenvalue weighted by atomic mass is 35.5. The summed E-state index contributed by atoms with van der Waals surface area (Å²) in [4.78, 5) is 30.5. The summed E-state index contributed by atoms with van der Waals surface area (Å²) < 4.78 is 17.5. The molecule has 8 nitrogen and oxygen atoms in total. The van der Waals surface area contributed by atoms with Crippen LogP contribution < -0.4 is 4.57 Å². The van der Waals surface area contributed by atoms with Gasteiger partial charge in [0.25, 0.3) is 0 Å². The monoisotopic (exact) mass is 526 g/mol. The van der Waals surface area contributed by atoms with Crippen molar-refractivity contribution in [2.45, 2.75) is 57.7 Å². The summed E-state index contributed by atoms with van der Waals surface area (Å²) in [6.45, 7) is 9.18. The van der Waals surface area contributed by atoms with Crippen LogP contribution in [0.1, 0.15) is 62.5 Å². The Hall–Kier alpha value is -3.04. The summed E-state index contributed by atoms with van der Waals surface area (Å²) in [5.41, 5.74) is 2.05. The lowest BCUT2D eigenvalue weighted by Crippen LogP contribution is -2.70. The van der Waals surface area contributed by atoms with Gasteiger partial charge in [-0.1, -0.05) is 35.1 Å². The molecule has 0 bridgehead atoms. The third-order valence-corrected chi connectivity index (χ3v) is 8.45. The summed E-state index contributed by atoms with van der Waals surface area (Å²) in [6, 6.07) is 6.48. The minimum absolute atomic E-state index is 0.0214. The first kappa shape index (κ1) is 24.3. The Balaban J connectivity index is 1.45. The number of benzene rings is 1. The van der Waals surface area contributed by atoms with Gasteiger partial charge in [-0.05, 0) is 49.9 Å². The minimum atomic E-state index is -0.778. The summed E-state index contributed by atoms with van der Waals surface area (Å²) >= 11 is 6.04. The lowest BCUT2D eigenvalue weighted by Gasteiger charge is -2.46. The average Bonchev–Trinajstić information content (AvgIpc) is 3.31. The number of imidazole rings is 1. The standard InChI is InChI=1S/C27H30ClFN5O3/c1-15(2)18-10-21(16-5-6-20(29)19(28)9-16)30-33-13-22-25(36)32-8-7-31(14-27(32,4)34(22)23(18)33)24(35)17-11-26(3,37)12-17/h5-6,9-10,13,15,17,37H,7-8,11-12,14H2,1-4H3/q+1. The molecule has 4 heterocycles. The highest BCUT2D eigenvalue weighted by Gasteiger charge is 2.58. The van der Waals surface area contributed by atoms with E-state index in [9.17, 15) is 19.1 Å². The van der Waals surface area contributed by atoms with Crippen molar-refractivity contribution in [3.05, 3.63) is 52.6 Å². The maximum Gasteiger partial charge on any atom is 0.313 e. The number of hydrogen-bond acceptors (Lipinski definition) is 4. The van der Waals surface area contributed by atoms with Gasteiger partial charge in [-0.3, -0.25) is 14.5 Å². The number of carbonyl (C=O) groups excluding carboxylic acids is 2. The summed E-state index contributed by atoms with van der Waals surface area (Å²) in [5, 5.41) is 14.9. The van der Waals surface area contributed by atoms with Crippen LogP contribution in [0.3, 0.4) is 0 Å². The quantitative estimate of drug-likeness (QED) is 0.531. The van der Waals surface area contributed by atoms with Gasteiger partial charge < -0.3 is 10.0 Å². The minimum Gasteiger partial charge on any atom is -0.390 e. The van der Waals surface area contributed by atoms with E-state index in [2.05, 4.69) is 13.8 Å². The fourth-order valence-electron chi connectivity index (χ4n) is 6.27. The predicted octanol–water partition coefficient (Wildman–Crippen LogP) is 3.34. The Kier molecular flexibility index (Phi) is 5.24. The second-order valence-electron chi connectivity index (χ2n) is 11.4. The Morgan fingerprint density at radius 1 is 1.24 bits per heavy atom. The predicted molar refractivity (Wildman–Crippen MR) is 134 cm³/mol. The van der Waals surface area contributed by atoms with Crippen LogP contribution in [0.4, 0.5) is 4.39 Å². The molecule has 0 spiro atoms. The van der Waals surface area contributed by atoms with E-state index in [0.717, 1.165) is 11.2 Å². The molecule has 1 N–H and O–H groups in total. The fraction of sp³-hybridized carbons (Fsp3) is 0.481. The van der Waals surface area contributed by atoms with Gasteiger partial charge in [0.1, 0.15) is 11.5 Å². The fourth-order valence-corrected chi connectivity index (χ4v) is 6.45. The smallest absolute Gasteiger partial charge is 0.313 e.